The molecule has 3 heterocycles. The van der Waals surface area contributed by atoms with Gasteiger partial charge in [-0.3, -0.25) is 9.11 Å². The van der Waals surface area contributed by atoms with Crippen LogP contribution in [0.15, 0.2) is 82.4 Å². The number of benzene rings is 3. The van der Waals surface area contributed by atoms with Gasteiger partial charge in [0.25, 0.3) is 25.8 Å². The summed E-state index contributed by atoms with van der Waals surface area (Å²) >= 11 is 14.5. The third kappa shape index (κ3) is 7.53. The molecule has 1 unspecified atom stereocenters. The maximum absolute atomic E-state index is 11.8. The lowest BCUT2D eigenvalue weighted by molar-refractivity contribution is -0.677. The van der Waals surface area contributed by atoms with E-state index in [0.29, 0.717) is 28.1 Å². The lowest BCUT2D eigenvalue weighted by Gasteiger charge is -2.25. The van der Waals surface area contributed by atoms with E-state index in [-0.39, 0.29) is 25.9 Å². The van der Waals surface area contributed by atoms with Crippen LogP contribution in [-0.2, 0) is 26.8 Å². The summed E-state index contributed by atoms with van der Waals surface area (Å²) in [4.78, 5) is 3.96. The first-order valence-electron chi connectivity index (χ1n) is 15.5. The molecule has 2 aromatic heterocycles. The number of fused-ring (bicyclic) bond motifs is 3. The maximum atomic E-state index is 11.8. The highest BCUT2D eigenvalue weighted by Gasteiger charge is 2.32. The van der Waals surface area contributed by atoms with Crippen molar-refractivity contribution in [3.8, 4) is 11.1 Å². The predicted molar refractivity (Wildman–Crippen MR) is 198 cm³/mol. The summed E-state index contributed by atoms with van der Waals surface area (Å²) < 4.78 is 75.1. The second kappa shape index (κ2) is 14.1. The van der Waals surface area contributed by atoms with Gasteiger partial charge in [0.05, 0.1) is 38.5 Å². The number of oxazole rings is 1. The monoisotopic (exact) mass is 762 g/mol. The molecule has 0 radical (unpaired) electrons. The lowest BCUT2D eigenvalue weighted by Crippen LogP contribution is -2.36. The van der Waals surface area contributed by atoms with Crippen LogP contribution in [0.3, 0.4) is 0 Å². The Balaban J connectivity index is 1.40. The van der Waals surface area contributed by atoms with Crippen molar-refractivity contribution in [2.45, 2.75) is 38.5 Å². The molecule has 258 valence electrons. The Labute approximate surface area is 299 Å². The van der Waals surface area contributed by atoms with Crippen molar-refractivity contribution in [1.82, 2.24) is 0 Å². The van der Waals surface area contributed by atoms with Gasteiger partial charge in [-0.1, -0.05) is 41.4 Å². The molecule has 1 aliphatic rings. The largest absolute Gasteiger partial charge is 0.398 e. The number of anilines is 2. The molecule has 0 bridgehead atoms. The first-order chi connectivity index (χ1) is 23.2. The zero-order valence-corrected chi connectivity index (χ0v) is 30.5. The van der Waals surface area contributed by atoms with Crippen LogP contribution in [0.2, 0.25) is 10.0 Å². The van der Waals surface area contributed by atoms with Gasteiger partial charge in [0, 0.05) is 35.7 Å². The molecule has 0 amide bonds. The SMILES string of the molecule is CCN1/C(=C\C=C\c2oc3ccc(-c4cccc5sccc45)cc3[n+]2CCCS(=O)(=O)O)N(CCC(C)S(=O)(=O)O)c2cc(Cl)c(Cl)cc21. The highest BCUT2D eigenvalue weighted by Crippen LogP contribution is 2.45. The molecule has 5 aromatic rings. The number of aryl methyl sites for hydroxylation is 1. The van der Waals surface area contributed by atoms with Gasteiger partial charge >= 0.3 is 5.89 Å². The Hall–Kier alpha value is -3.43. The van der Waals surface area contributed by atoms with E-state index >= 15 is 0 Å². The second-order valence-corrected chi connectivity index (χ2v) is 16.9. The van der Waals surface area contributed by atoms with Crippen molar-refractivity contribution in [1.29, 1.82) is 0 Å². The number of thiophene rings is 1. The third-order valence-electron chi connectivity index (χ3n) is 8.54. The molecule has 49 heavy (non-hydrogen) atoms. The number of halogens is 2. The molecule has 0 saturated heterocycles. The van der Waals surface area contributed by atoms with Crippen molar-refractivity contribution in [3.05, 3.63) is 93.9 Å². The fourth-order valence-electron chi connectivity index (χ4n) is 6.05. The van der Waals surface area contributed by atoms with Gasteiger partial charge < -0.3 is 14.2 Å². The number of rotatable bonds is 12. The Morgan fingerprint density at radius 2 is 1.73 bits per heavy atom. The molecule has 0 fully saturated rings. The summed E-state index contributed by atoms with van der Waals surface area (Å²) in [6, 6.07) is 17.7. The van der Waals surface area contributed by atoms with Crippen LogP contribution in [0.4, 0.5) is 11.4 Å². The van der Waals surface area contributed by atoms with Crippen molar-refractivity contribution >= 4 is 93.4 Å². The van der Waals surface area contributed by atoms with Gasteiger partial charge in [-0.2, -0.15) is 21.4 Å². The van der Waals surface area contributed by atoms with E-state index in [2.05, 4.69) is 23.6 Å². The first-order valence-corrected chi connectivity index (χ1v) is 20.3. The highest BCUT2D eigenvalue weighted by molar-refractivity contribution is 7.86. The standard InChI is InChI=1S/C34H33Cl2N3O7S3/c1-3-37-28-20-26(35)27(36)21-29(28)38(16-13-22(2)49(43,44)45)33(37)9-5-10-34-39(15-6-18-48(40,41)42)30-19-23(11-12-31(30)46-34)24-7-4-8-32-25(24)14-17-47-32/h4-5,7-12,14,17,19-22H,3,6,13,15-16,18H2,1-2H3,(H-,40,41,42,43,44,45)/p+1. The summed E-state index contributed by atoms with van der Waals surface area (Å²) in [6.45, 7) is 4.52. The Kier molecular flexibility index (Phi) is 10.2. The normalized spacial score (nSPS) is 15.3. The zero-order valence-electron chi connectivity index (χ0n) is 26.6. The summed E-state index contributed by atoms with van der Waals surface area (Å²) in [6.07, 6.45) is 5.74. The minimum Gasteiger partial charge on any atom is -0.398 e. The Morgan fingerprint density at radius 3 is 2.43 bits per heavy atom. The number of hydrogen-bond donors (Lipinski definition) is 2. The van der Waals surface area contributed by atoms with Gasteiger partial charge in [0.15, 0.2) is 6.54 Å². The van der Waals surface area contributed by atoms with E-state index in [1.165, 1.54) is 11.6 Å². The first kappa shape index (κ1) is 35.4. The molecule has 0 saturated carbocycles. The van der Waals surface area contributed by atoms with E-state index in [9.17, 15) is 25.9 Å². The molecule has 3 aromatic carbocycles. The van der Waals surface area contributed by atoms with Crippen LogP contribution in [-0.4, -0.2) is 50.0 Å². The fraction of sp³-hybridized carbons (Fsp3) is 0.265. The number of hydrogen-bond acceptors (Lipinski definition) is 8. The number of nitrogens with zero attached hydrogens (tertiary/aromatic N) is 3. The quantitative estimate of drug-likeness (QED) is 0.0957. The Morgan fingerprint density at radius 1 is 1.00 bits per heavy atom. The third-order valence-corrected chi connectivity index (χ3v) is 12.2. The van der Waals surface area contributed by atoms with E-state index < -0.39 is 31.2 Å². The molecule has 2 N–H and O–H groups in total. The molecule has 15 heteroatoms. The maximum Gasteiger partial charge on any atom is 0.374 e. The van der Waals surface area contributed by atoms with Crippen LogP contribution in [0, 0.1) is 0 Å². The average Bonchev–Trinajstić information content (AvgIpc) is 3.73. The van der Waals surface area contributed by atoms with Gasteiger partial charge in [0.2, 0.25) is 5.58 Å². The topological polar surface area (TPSA) is 132 Å². The summed E-state index contributed by atoms with van der Waals surface area (Å²) in [7, 11) is -8.39. The summed E-state index contributed by atoms with van der Waals surface area (Å²) in [5.41, 5.74) is 4.96. The smallest absolute Gasteiger partial charge is 0.374 e. The van der Waals surface area contributed by atoms with E-state index in [0.717, 1.165) is 39.2 Å². The lowest BCUT2D eigenvalue weighted by atomic mass is 10.0. The van der Waals surface area contributed by atoms with Crippen molar-refractivity contribution in [2.24, 2.45) is 0 Å². The summed E-state index contributed by atoms with van der Waals surface area (Å²) in [5.74, 6) is 0.790. The molecule has 10 nitrogen and oxygen atoms in total. The summed E-state index contributed by atoms with van der Waals surface area (Å²) in [5, 5.41) is 2.93. The highest BCUT2D eigenvalue weighted by atomic mass is 35.5. The average molecular weight is 764 g/mol. The molecule has 1 atom stereocenters. The minimum absolute atomic E-state index is 0.149. The van der Waals surface area contributed by atoms with E-state index in [4.69, 9.17) is 27.6 Å². The van der Waals surface area contributed by atoms with Crippen LogP contribution >= 0.6 is 34.5 Å². The van der Waals surface area contributed by atoms with E-state index in [1.807, 2.05) is 51.6 Å². The molecular formula is C34H34Cl2N3O7S3+. The predicted octanol–water partition coefficient (Wildman–Crippen LogP) is 8.05. The van der Waals surface area contributed by atoms with Crippen LogP contribution in [0.5, 0.6) is 0 Å². The second-order valence-electron chi connectivity index (χ2n) is 11.7. The molecular weight excluding hydrogens is 729 g/mol. The molecule has 0 spiro atoms. The van der Waals surface area contributed by atoms with Crippen LogP contribution < -0.4 is 14.4 Å². The van der Waals surface area contributed by atoms with Crippen molar-refractivity contribution in [3.63, 3.8) is 0 Å². The molecule has 1 aliphatic heterocycles. The van der Waals surface area contributed by atoms with Crippen LogP contribution in [0.25, 0.3) is 38.4 Å². The number of aromatic nitrogens is 1. The fourth-order valence-corrected chi connectivity index (χ4v) is 8.07. The minimum atomic E-state index is -4.23. The number of allylic oxidation sites excluding steroid dienone is 2. The van der Waals surface area contributed by atoms with Gasteiger partial charge in [0.1, 0.15) is 5.82 Å². The van der Waals surface area contributed by atoms with Crippen LogP contribution in [0.1, 0.15) is 32.6 Å². The van der Waals surface area contributed by atoms with Gasteiger partial charge in [-0.15, -0.1) is 11.3 Å². The van der Waals surface area contributed by atoms with Gasteiger partial charge in [-0.25, -0.2) is 0 Å². The van der Waals surface area contributed by atoms with Crippen molar-refractivity contribution < 1.29 is 34.9 Å². The zero-order chi connectivity index (χ0) is 35.1. The van der Waals surface area contributed by atoms with E-state index in [1.54, 1.807) is 35.6 Å². The molecule has 6 rings (SSSR count). The Bertz CT molecular complexity index is 2330. The van der Waals surface area contributed by atoms with Gasteiger partial charge in [-0.05, 0) is 79.3 Å². The van der Waals surface area contributed by atoms with Crippen molar-refractivity contribution in [2.75, 3.05) is 28.6 Å². The molecule has 0 aliphatic carbocycles.